The maximum atomic E-state index is 5.82. The molecule has 0 spiro atoms. The first-order valence-electron chi connectivity index (χ1n) is 7.06. The van der Waals surface area contributed by atoms with Gasteiger partial charge in [-0.1, -0.05) is 29.3 Å². The van der Waals surface area contributed by atoms with Crippen LogP contribution in [0.15, 0.2) is 22.7 Å². The predicted octanol–water partition coefficient (Wildman–Crippen LogP) is 3.04. The second-order valence-corrected chi connectivity index (χ2v) is 5.63. The Balaban J connectivity index is 2.88. The first-order chi connectivity index (χ1) is 9.65. The lowest BCUT2D eigenvalue weighted by atomic mass is 9.98. The quantitative estimate of drug-likeness (QED) is 0.534. The number of hydrazine groups is 1. The van der Waals surface area contributed by atoms with Crippen molar-refractivity contribution >= 4 is 15.9 Å². The summed E-state index contributed by atoms with van der Waals surface area (Å²) in [5, 5.41) is 0. The summed E-state index contributed by atoms with van der Waals surface area (Å²) < 4.78 is 12.3. The van der Waals surface area contributed by atoms with Crippen molar-refractivity contribution in [2.24, 2.45) is 5.84 Å². The van der Waals surface area contributed by atoms with Crippen molar-refractivity contribution < 1.29 is 9.47 Å². The van der Waals surface area contributed by atoms with Gasteiger partial charge < -0.3 is 9.47 Å². The lowest BCUT2D eigenvalue weighted by Gasteiger charge is -2.27. The van der Waals surface area contributed by atoms with E-state index in [0.29, 0.717) is 6.61 Å². The van der Waals surface area contributed by atoms with Gasteiger partial charge in [-0.25, -0.2) is 0 Å². The zero-order valence-corrected chi connectivity index (χ0v) is 14.1. The maximum Gasteiger partial charge on any atom is 0.122 e. The molecule has 3 N–H and O–H groups in total. The Morgan fingerprint density at radius 2 is 2.10 bits per heavy atom. The van der Waals surface area contributed by atoms with Crippen LogP contribution in [-0.2, 0) is 11.2 Å². The molecule has 5 heteroatoms. The van der Waals surface area contributed by atoms with Gasteiger partial charge in [0.15, 0.2) is 0 Å². The van der Waals surface area contributed by atoms with Gasteiger partial charge in [-0.3, -0.25) is 11.3 Å². The van der Waals surface area contributed by atoms with Gasteiger partial charge in [-0.15, -0.1) is 0 Å². The minimum absolute atomic E-state index is 0.0677. The smallest absolute Gasteiger partial charge is 0.122 e. The average Bonchev–Trinajstić information content (AvgIpc) is 2.45. The number of benzene rings is 1. The van der Waals surface area contributed by atoms with Crippen molar-refractivity contribution in [1.29, 1.82) is 0 Å². The van der Waals surface area contributed by atoms with E-state index >= 15 is 0 Å². The van der Waals surface area contributed by atoms with Crippen molar-refractivity contribution in [3.8, 4) is 5.75 Å². The van der Waals surface area contributed by atoms with Crippen molar-refractivity contribution in [3.63, 3.8) is 0 Å². The summed E-state index contributed by atoms with van der Waals surface area (Å²) in [7, 11) is 1.68. The van der Waals surface area contributed by atoms with Crippen LogP contribution in [0.25, 0.3) is 0 Å². The van der Waals surface area contributed by atoms with E-state index in [1.54, 1.807) is 7.11 Å². The molecule has 0 radical (unpaired) electrons. The van der Waals surface area contributed by atoms with Crippen LogP contribution >= 0.6 is 15.9 Å². The molecule has 1 rings (SSSR count). The van der Waals surface area contributed by atoms with E-state index in [0.717, 1.165) is 35.0 Å². The van der Waals surface area contributed by atoms with Crippen LogP contribution in [0.2, 0.25) is 0 Å². The predicted molar refractivity (Wildman–Crippen MR) is 85.8 cm³/mol. The first-order valence-corrected chi connectivity index (χ1v) is 7.85. The molecular formula is C15H25BrN2O2. The Labute approximate surface area is 130 Å². The summed E-state index contributed by atoms with van der Waals surface area (Å²) in [5.74, 6) is 6.60. The Hall–Kier alpha value is -0.620. The Morgan fingerprint density at radius 1 is 1.35 bits per heavy atom. The molecule has 0 aliphatic heterocycles. The fraction of sp³-hybridized carbons (Fsp3) is 0.600. The van der Waals surface area contributed by atoms with Crippen molar-refractivity contribution in [1.82, 2.24) is 5.43 Å². The molecule has 0 aliphatic carbocycles. The van der Waals surface area contributed by atoms with E-state index in [9.17, 15) is 0 Å². The lowest BCUT2D eigenvalue weighted by molar-refractivity contribution is 0.0280. The van der Waals surface area contributed by atoms with Crippen LogP contribution in [0.1, 0.15) is 32.3 Å². The van der Waals surface area contributed by atoms with E-state index in [4.69, 9.17) is 15.3 Å². The number of halogens is 1. The minimum Gasteiger partial charge on any atom is -0.496 e. The molecule has 1 aromatic carbocycles. The topological polar surface area (TPSA) is 56.5 Å². The molecule has 0 fully saturated rings. The third-order valence-corrected chi connectivity index (χ3v) is 3.79. The van der Waals surface area contributed by atoms with Crippen LogP contribution in [0.5, 0.6) is 5.75 Å². The summed E-state index contributed by atoms with van der Waals surface area (Å²) >= 11 is 3.50. The van der Waals surface area contributed by atoms with Crippen LogP contribution in [-0.4, -0.2) is 25.9 Å². The van der Waals surface area contributed by atoms with Gasteiger partial charge in [0.2, 0.25) is 0 Å². The molecule has 0 aromatic heterocycles. The van der Waals surface area contributed by atoms with E-state index in [2.05, 4.69) is 34.3 Å². The van der Waals surface area contributed by atoms with Crippen LogP contribution in [0.3, 0.4) is 0 Å². The monoisotopic (exact) mass is 344 g/mol. The van der Waals surface area contributed by atoms with Crippen LogP contribution < -0.4 is 16.0 Å². The molecule has 0 amide bonds. The number of ether oxygens (including phenoxy) is 2. The third-order valence-electron chi connectivity index (χ3n) is 3.30. The van der Waals surface area contributed by atoms with Crippen molar-refractivity contribution in [2.45, 2.75) is 45.3 Å². The van der Waals surface area contributed by atoms with Gasteiger partial charge in [-0.05, 0) is 43.5 Å². The summed E-state index contributed by atoms with van der Waals surface area (Å²) in [6.45, 7) is 4.85. The Bertz CT molecular complexity index is 395. The highest BCUT2D eigenvalue weighted by Crippen LogP contribution is 2.25. The normalized spacial score (nSPS) is 14.1. The lowest BCUT2D eigenvalue weighted by Crippen LogP contribution is -2.46. The zero-order chi connectivity index (χ0) is 15.0. The summed E-state index contributed by atoms with van der Waals surface area (Å²) in [5.41, 5.74) is 4.01. The Morgan fingerprint density at radius 3 is 2.65 bits per heavy atom. The van der Waals surface area contributed by atoms with Gasteiger partial charge in [0.1, 0.15) is 5.75 Å². The standard InChI is InChI=1S/C15H25BrN2O2/c1-4-6-15(20-5-2)13(18-17)10-11-9-12(16)7-8-14(11)19-3/h7-9,13,15,18H,4-6,10,17H2,1-3H3. The molecule has 2 unspecified atom stereocenters. The van der Waals surface area contributed by atoms with Crippen LogP contribution in [0, 0.1) is 0 Å². The number of hydrogen-bond donors (Lipinski definition) is 2. The minimum atomic E-state index is 0.0677. The number of rotatable bonds is 9. The van der Waals surface area contributed by atoms with Crippen LogP contribution in [0.4, 0.5) is 0 Å². The fourth-order valence-electron chi connectivity index (χ4n) is 2.34. The zero-order valence-electron chi connectivity index (χ0n) is 12.5. The van der Waals surface area contributed by atoms with E-state index in [-0.39, 0.29) is 12.1 Å². The molecule has 0 saturated heterocycles. The molecule has 0 heterocycles. The van der Waals surface area contributed by atoms with Gasteiger partial charge in [-0.2, -0.15) is 0 Å². The highest BCUT2D eigenvalue weighted by molar-refractivity contribution is 9.10. The Kier molecular flexibility index (Phi) is 8.14. The SMILES string of the molecule is CCCC(OCC)C(Cc1cc(Br)ccc1OC)NN. The second-order valence-electron chi connectivity index (χ2n) is 4.72. The maximum absolute atomic E-state index is 5.82. The highest BCUT2D eigenvalue weighted by atomic mass is 79.9. The largest absolute Gasteiger partial charge is 0.496 e. The summed E-state index contributed by atoms with van der Waals surface area (Å²) in [4.78, 5) is 0. The fourth-order valence-corrected chi connectivity index (χ4v) is 2.75. The summed E-state index contributed by atoms with van der Waals surface area (Å²) in [6.07, 6.45) is 2.93. The second kappa shape index (κ2) is 9.34. The number of nitrogens with one attached hydrogen (secondary N) is 1. The van der Waals surface area contributed by atoms with E-state index in [1.165, 1.54) is 0 Å². The number of hydrogen-bond acceptors (Lipinski definition) is 4. The molecule has 2 atom stereocenters. The average molecular weight is 345 g/mol. The van der Waals surface area contributed by atoms with Gasteiger partial charge in [0.25, 0.3) is 0 Å². The molecule has 0 saturated carbocycles. The highest BCUT2D eigenvalue weighted by Gasteiger charge is 2.22. The molecule has 1 aromatic rings. The molecule has 0 aliphatic rings. The third kappa shape index (κ3) is 5.05. The number of nitrogens with two attached hydrogens (primary N) is 1. The molecule has 4 nitrogen and oxygen atoms in total. The van der Waals surface area contributed by atoms with Gasteiger partial charge in [0, 0.05) is 11.1 Å². The van der Waals surface area contributed by atoms with Gasteiger partial charge >= 0.3 is 0 Å². The molecular weight excluding hydrogens is 320 g/mol. The molecule has 114 valence electrons. The van der Waals surface area contributed by atoms with Gasteiger partial charge in [0.05, 0.1) is 19.3 Å². The summed E-state index contributed by atoms with van der Waals surface area (Å²) in [6, 6.07) is 6.07. The molecule has 20 heavy (non-hydrogen) atoms. The van der Waals surface area contributed by atoms with Crippen molar-refractivity contribution in [3.05, 3.63) is 28.2 Å². The van der Waals surface area contributed by atoms with E-state index in [1.807, 2.05) is 19.1 Å². The van der Waals surface area contributed by atoms with Crippen molar-refractivity contribution in [2.75, 3.05) is 13.7 Å². The molecule has 0 bridgehead atoms. The number of methoxy groups -OCH3 is 1. The van der Waals surface area contributed by atoms with E-state index < -0.39 is 0 Å². The first kappa shape index (κ1) is 17.4.